The molecule has 2 aromatic rings. The maximum Gasteiger partial charge on any atom is 0.107 e. The average molecular weight is 267 g/mol. The summed E-state index contributed by atoms with van der Waals surface area (Å²) in [4.78, 5) is 11.1. The van der Waals surface area contributed by atoms with Crippen LogP contribution in [0.25, 0.3) is 0 Å². The van der Waals surface area contributed by atoms with Crippen LogP contribution in [0, 0.1) is 0 Å². The first-order valence-electron chi connectivity index (χ1n) is 5.57. The summed E-state index contributed by atoms with van der Waals surface area (Å²) in [6, 6.07) is 0. The van der Waals surface area contributed by atoms with Crippen molar-refractivity contribution < 1.29 is 0 Å². The van der Waals surface area contributed by atoms with Crippen LogP contribution in [0.2, 0.25) is 0 Å². The number of rotatable bonds is 4. The number of thiazole rings is 2. The summed E-state index contributed by atoms with van der Waals surface area (Å²) >= 11 is 3.42. The van der Waals surface area contributed by atoms with Crippen LogP contribution in [0.3, 0.4) is 0 Å². The Hall–Kier alpha value is -0.780. The standard InChI is InChI=1S/C12H17N3S2/c1-12(2,3)15(8-10-13-4-6-16-10)9-11-14-5-7-17-11/h4-7H,8-9H2,1-3H3. The third kappa shape index (κ3) is 3.59. The first-order chi connectivity index (χ1) is 8.05. The number of aromatic nitrogens is 2. The van der Waals surface area contributed by atoms with Gasteiger partial charge in [-0.15, -0.1) is 22.7 Å². The lowest BCUT2D eigenvalue weighted by molar-refractivity contribution is 0.118. The van der Waals surface area contributed by atoms with Crippen molar-refractivity contribution >= 4 is 22.7 Å². The van der Waals surface area contributed by atoms with Crippen LogP contribution in [0.5, 0.6) is 0 Å². The van der Waals surface area contributed by atoms with Crippen molar-refractivity contribution in [3.63, 3.8) is 0 Å². The molecule has 0 atom stereocenters. The van der Waals surface area contributed by atoms with E-state index in [9.17, 15) is 0 Å². The summed E-state index contributed by atoms with van der Waals surface area (Å²) in [6.07, 6.45) is 3.73. The summed E-state index contributed by atoms with van der Waals surface area (Å²) in [5, 5.41) is 6.38. The quantitative estimate of drug-likeness (QED) is 0.850. The molecule has 2 aromatic heterocycles. The molecule has 0 aliphatic rings. The Balaban J connectivity index is 2.09. The van der Waals surface area contributed by atoms with E-state index >= 15 is 0 Å². The number of hydrogen-bond acceptors (Lipinski definition) is 5. The third-order valence-corrected chi connectivity index (χ3v) is 4.10. The van der Waals surface area contributed by atoms with Gasteiger partial charge in [0.05, 0.1) is 13.1 Å². The van der Waals surface area contributed by atoms with Crippen molar-refractivity contribution in [3.05, 3.63) is 33.2 Å². The SMILES string of the molecule is CC(C)(C)N(Cc1nccs1)Cc1nccs1. The monoisotopic (exact) mass is 267 g/mol. The highest BCUT2D eigenvalue weighted by molar-refractivity contribution is 7.09. The zero-order chi connectivity index (χ0) is 12.3. The minimum atomic E-state index is 0.122. The number of hydrogen-bond donors (Lipinski definition) is 0. The second-order valence-corrected chi connectivity index (χ2v) is 6.84. The van der Waals surface area contributed by atoms with Crippen LogP contribution in [0.15, 0.2) is 23.2 Å². The Morgan fingerprint density at radius 1 is 1.00 bits per heavy atom. The normalized spacial score (nSPS) is 12.2. The molecule has 2 heterocycles. The molecule has 0 aliphatic carbocycles. The molecular weight excluding hydrogens is 250 g/mol. The molecule has 0 spiro atoms. The first-order valence-corrected chi connectivity index (χ1v) is 7.33. The van der Waals surface area contributed by atoms with E-state index in [2.05, 4.69) is 35.6 Å². The second-order valence-electron chi connectivity index (χ2n) is 4.88. The molecule has 0 aromatic carbocycles. The van der Waals surface area contributed by atoms with Gasteiger partial charge in [0.1, 0.15) is 10.0 Å². The van der Waals surface area contributed by atoms with Crippen molar-refractivity contribution in [2.24, 2.45) is 0 Å². The predicted molar refractivity (Wildman–Crippen MR) is 73.2 cm³/mol. The van der Waals surface area contributed by atoms with Crippen LogP contribution in [0.1, 0.15) is 30.8 Å². The Morgan fingerprint density at radius 2 is 1.47 bits per heavy atom. The summed E-state index contributed by atoms with van der Waals surface area (Å²) in [6.45, 7) is 8.47. The first kappa shape index (κ1) is 12.7. The van der Waals surface area contributed by atoms with Gasteiger partial charge < -0.3 is 0 Å². The largest absolute Gasteiger partial charge is 0.285 e. The fourth-order valence-electron chi connectivity index (χ4n) is 1.52. The van der Waals surface area contributed by atoms with Gasteiger partial charge in [0.15, 0.2) is 0 Å². The van der Waals surface area contributed by atoms with Gasteiger partial charge in [0.25, 0.3) is 0 Å². The van der Waals surface area contributed by atoms with Gasteiger partial charge in [-0.3, -0.25) is 4.90 Å². The minimum Gasteiger partial charge on any atom is -0.285 e. The van der Waals surface area contributed by atoms with Gasteiger partial charge in [0.2, 0.25) is 0 Å². The molecule has 0 amide bonds. The molecule has 17 heavy (non-hydrogen) atoms. The van der Waals surface area contributed by atoms with E-state index in [-0.39, 0.29) is 5.54 Å². The molecule has 0 unspecified atom stereocenters. The highest BCUT2D eigenvalue weighted by atomic mass is 32.1. The highest BCUT2D eigenvalue weighted by Crippen LogP contribution is 2.22. The molecule has 92 valence electrons. The molecule has 0 bridgehead atoms. The smallest absolute Gasteiger partial charge is 0.107 e. The van der Waals surface area contributed by atoms with Crippen LogP contribution < -0.4 is 0 Å². The fourth-order valence-corrected chi connectivity index (χ4v) is 2.78. The van der Waals surface area contributed by atoms with E-state index < -0.39 is 0 Å². The van der Waals surface area contributed by atoms with E-state index in [1.54, 1.807) is 22.7 Å². The summed E-state index contributed by atoms with van der Waals surface area (Å²) in [7, 11) is 0. The summed E-state index contributed by atoms with van der Waals surface area (Å²) < 4.78 is 0. The molecular formula is C12H17N3S2. The van der Waals surface area contributed by atoms with Gasteiger partial charge in [-0.25, -0.2) is 9.97 Å². The van der Waals surface area contributed by atoms with Crippen LogP contribution in [-0.4, -0.2) is 20.4 Å². The Kier molecular flexibility index (Phi) is 3.91. The summed E-state index contributed by atoms with van der Waals surface area (Å²) in [5.41, 5.74) is 0.122. The lowest BCUT2D eigenvalue weighted by atomic mass is 10.1. The van der Waals surface area contributed by atoms with E-state index in [0.29, 0.717) is 0 Å². The molecule has 5 heteroatoms. The molecule has 2 rings (SSSR count). The number of nitrogens with zero attached hydrogens (tertiary/aromatic N) is 3. The van der Waals surface area contributed by atoms with Crippen molar-refractivity contribution in [3.8, 4) is 0 Å². The maximum atomic E-state index is 4.36. The lowest BCUT2D eigenvalue weighted by Crippen LogP contribution is -2.40. The lowest BCUT2D eigenvalue weighted by Gasteiger charge is -2.34. The molecule has 0 fully saturated rings. The van der Waals surface area contributed by atoms with Crippen molar-refractivity contribution in [1.29, 1.82) is 0 Å². The van der Waals surface area contributed by atoms with Gasteiger partial charge in [-0.2, -0.15) is 0 Å². The van der Waals surface area contributed by atoms with Crippen molar-refractivity contribution in [2.45, 2.75) is 39.4 Å². The molecule has 0 aliphatic heterocycles. The van der Waals surface area contributed by atoms with Crippen molar-refractivity contribution in [1.82, 2.24) is 14.9 Å². The Morgan fingerprint density at radius 3 is 1.76 bits per heavy atom. The van der Waals surface area contributed by atoms with Gasteiger partial charge in [-0.05, 0) is 20.8 Å². The van der Waals surface area contributed by atoms with Crippen LogP contribution in [0.4, 0.5) is 0 Å². The minimum absolute atomic E-state index is 0.122. The molecule has 3 nitrogen and oxygen atoms in total. The third-order valence-electron chi connectivity index (χ3n) is 2.57. The fraction of sp³-hybridized carbons (Fsp3) is 0.500. The molecule has 0 N–H and O–H groups in total. The van der Waals surface area contributed by atoms with Gasteiger partial charge >= 0.3 is 0 Å². The summed E-state index contributed by atoms with van der Waals surface area (Å²) in [5.74, 6) is 0. The van der Waals surface area contributed by atoms with Crippen molar-refractivity contribution in [2.75, 3.05) is 0 Å². The maximum absolute atomic E-state index is 4.36. The van der Waals surface area contributed by atoms with E-state index in [4.69, 9.17) is 0 Å². The topological polar surface area (TPSA) is 29.0 Å². The van der Waals surface area contributed by atoms with E-state index in [1.165, 1.54) is 0 Å². The zero-order valence-electron chi connectivity index (χ0n) is 10.4. The zero-order valence-corrected chi connectivity index (χ0v) is 12.0. The average Bonchev–Trinajstić information content (AvgIpc) is 2.87. The molecule has 0 radical (unpaired) electrons. The van der Waals surface area contributed by atoms with Crippen LogP contribution in [-0.2, 0) is 13.1 Å². The molecule has 0 saturated heterocycles. The van der Waals surface area contributed by atoms with Gasteiger partial charge in [-0.1, -0.05) is 0 Å². The van der Waals surface area contributed by atoms with Crippen LogP contribution >= 0.6 is 22.7 Å². The second kappa shape index (κ2) is 5.25. The van der Waals surface area contributed by atoms with Gasteiger partial charge in [0, 0.05) is 28.7 Å². The van der Waals surface area contributed by atoms with E-state index in [0.717, 1.165) is 23.1 Å². The Labute approximate surface area is 110 Å². The highest BCUT2D eigenvalue weighted by Gasteiger charge is 2.23. The molecule has 0 saturated carbocycles. The Bertz CT molecular complexity index is 393. The predicted octanol–water partition coefficient (Wildman–Crippen LogP) is 3.40. The van der Waals surface area contributed by atoms with E-state index in [1.807, 2.05) is 23.2 Å².